The summed E-state index contributed by atoms with van der Waals surface area (Å²) in [4.78, 5) is 4.05. The van der Waals surface area contributed by atoms with Gasteiger partial charge in [0.2, 0.25) is 0 Å². The van der Waals surface area contributed by atoms with Crippen molar-refractivity contribution in [1.82, 2.24) is 4.98 Å². The Morgan fingerprint density at radius 3 is 2.71 bits per heavy atom. The van der Waals surface area contributed by atoms with Gasteiger partial charge in [-0.15, -0.1) is 0 Å². The van der Waals surface area contributed by atoms with Gasteiger partial charge in [0.15, 0.2) is 5.15 Å². The van der Waals surface area contributed by atoms with Gasteiger partial charge in [-0.25, -0.2) is 9.37 Å². The molecule has 1 aromatic carbocycles. The average Bonchev–Trinajstić information content (AvgIpc) is 2.32. The highest BCUT2D eigenvalue weighted by Gasteiger charge is 2.01. The summed E-state index contributed by atoms with van der Waals surface area (Å²) in [7, 11) is 0. The second-order valence-electron chi connectivity index (χ2n) is 3.83. The topological polar surface area (TPSA) is 24.9 Å². The fourth-order valence-electron chi connectivity index (χ4n) is 1.48. The number of rotatable bonds is 3. The van der Waals surface area contributed by atoms with E-state index in [-0.39, 0.29) is 5.82 Å². The SMILES string of the molecule is Cc1cnc(Cl)c(NCc2ccc(F)cc2)c1. The zero-order chi connectivity index (χ0) is 12.3. The zero-order valence-electron chi connectivity index (χ0n) is 9.37. The molecule has 1 heterocycles. The van der Waals surface area contributed by atoms with Gasteiger partial charge in [-0.2, -0.15) is 0 Å². The average molecular weight is 251 g/mol. The third-order valence-electron chi connectivity index (χ3n) is 2.37. The molecule has 4 heteroatoms. The summed E-state index contributed by atoms with van der Waals surface area (Å²) in [6.45, 7) is 2.54. The van der Waals surface area contributed by atoms with Crippen LogP contribution in [0.4, 0.5) is 10.1 Å². The molecule has 2 nitrogen and oxygen atoms in total. The van der Waals surface area contributed by atoms with Crippen molar-refractivity contribution in [1.29, 1.82) is 0 Å². The standard InChI is InChI=1S/C13H12ClFN2/c1-9-6-12(13(14)17-7-9)16-8-10-2-4-11(15)5-3-10/h2-7,16H,8H2,1H3. The van der Waals surface area contributed by atoms with Gasteiger partial charge in [0.1, 0.15) is 5.82 Å². The largest absolute Gasteiger partial charge is 0.378 e. The molecule has 0 aliphatic rings. The normalized spacial score (nSPS) is 10.3. The number of hydrogen-bond donors (Lipinski definition) is 1. The highest BCUT2D eigenvalue weighted by molar-refractivity contribution is 6.31. The van der Waals surface area contributed by atoms with Crippen LogP contribution in [0.1, 0.15) is 11.1 Å². The summed E-state index contributed by atoms with van der Waals surface area (Å²) < 4.78 is 12.7. The van der Waals surface area contributed by atoms with Gasteiger partial charge in [-0.1, -0.05) is 23.7 Å². The number of anilines is 1. The van der Waals surface area contributed by atoms with Crippen molar-refractivity contribution < 1.29 is 4.39 Å². The Kier molecular flexibility index (Phi) is 3.59. The van der Waals surface area contributed by atoms with Gasteiger partial charge in [-0.05, 0) is 36.2 Å². The van der Waals surface area contributed by atoms with Crippen molar-refractivity contribution in [3.05, 3.63) is 58.6 Å². The molecule has 1 N–H and O–H groups in total. The zero-order valence-corrected chi connectivity index (χ0v) is 10.1. The molecule has 0 aliphatic heterocycles. The lowest BCUT2D eigenvalue weighted by atomic mass is 10.2. The highest BCUT2D eigenvalue weighted by Crippen LogP contribution is 2.20. The van der Waals surface area contributed by atoms with Crippen molar-refractivity contribution in [2.24, 2.45) is 0 Å². The molecule has 0 unspecified atom stereocenters. The van der Waals surface area contributed by atoms with Crippen LogP contribution in [0.2, 0.25) is 5.15 Å². The molecule has 0 aliphatic carbocycles. The summed E-state index contributed by atoms with van der Waals surface area (Å²) >= 11 is 5.95. The first-order valence-corrected chi connectivity index (χ1v) is 5.63. The van der Waals surface area contributed by atoms with E-state index in [1.165, 1.54) is 12.1 Å². The number of nitrogens with zero attached hydrogens (tertiary/aromatic N) is 1. The number of nitrogens with one attached hydrogen (secondary N) is 1. The fraction of sp³-hybridized carbons (Fsp3) is 0.154. The maximum atomic E-state index is 12.7. The van der Waals surface area contributed by atoms with E-state index < -0.39 is 0 Å². The predicted octanol–water partition coefficient (Wildman–Crippen LogP) is 3.79. The third kappa shape index (κ3) is 3.17. The first kappa shape index (κ1) is 11.9. The number of pyridine rings is 1. The molecule has 0 fully saturated rings. The van der Waals surface area contributed by atoms with E-state index in [0.29, 0.717) is 11.7 Å². The molecule has 0 radical (unpaired) electrons. The van der Waals surface area contributed by atoms with E-state index in [0.717, 1.165) is 16.8 Å². The maximum absolute atomic E-state index is 12.7. The van der Waals surface area contributed by atoms with Gasteiger partial charge in [0.25, 0.3) is 0 Å². The van der Waals surface area contributed by atoms with Crippen LogP contribution >= 0.6 is 11.6 Å². The van der Waals surface area contributed by atoms with Crippen LogP contribution in [0.3, 0.4) is 0 Å². The van der Waals surface area contributed by atoms with Crippen LogP contribution in [0.5, 0.6) is 0 Å². The van der Waals surface area contributed by atoms with Gasteiger partial charge >= 0.3 is 0 Å². The van der Waals surface area contributed by atoms with Crippen molar-refractivity contribution in [3.8, 4) is 0 Å². The van der Waals surface area contributed by atoms with Crippen LogP contribution in [-0.4, -0.2) is 4.98 Å². The van der Waals surface area contributed by atoms with Gasteiger partial charge in [0, 0.05) is 12.7 Å². The van der Waals surface area contributed by atoms with Crippen molar-refractivity contribution >= 4 is 17.3 Å². The van der Waals surface area contributed by atoms with Crippen LogP contribution < -0.4 is 5.32 Å². The molecule has 2 aromatic rings. The number of aryl methyl sites for hydroxylation is 1. The molecule has 2 rings (SSSR count). The molecular formula is C13H12ClFN2. The van der Waals surface area contributed by atoms with E-state index in [9.17, 15) is 4.39 Å². The Bertz CT molecular complexity index is 511. The van der Waals surface area contributed by atoms with Gasteiger partial charge in [-0.3, -0.25) is 0 Å². The number of aromatic nitrogens is 1. The molecule has 0 saturated heterocycles. The first-order valence-electron chi connectivity index (χ1n) is 5.25. The van der Waals surface area contributed by atoms with Crippen LogP contribution in [0, 0.1) is 12.7 Å². The van der Waals surface area contributed by atoms with E-state index in [2.05, 4.69) is 10.3 Å². The van der Waals surface area contributed by atoms with Gasteiger partial charge < -0.3 is 5.32 Å². The summed E-state index contributed by atoms with van der Waals surface area (Å²) in [5.74, 6) is -0.232. The smallest absolute Gasteiger partial charge is 0.152 e. The minimum absolute atomic E-state index is 0.232. The Morgan fingerprint density at radius 2 is 2.00 bits per heavy atom. The lowest BCUT2D eigenvalue weighted by Crippen LogP contribution is -2.01. The minimum Gasteiger partial charge on any atom is -0.378 e. The van der Waals surface area contributed by atoms with E-state index in [1.807, 2.05) is 13.0 Å². The molecular weight excluding hydrogens is 239 g/mol. The first-order chi connectivity index (χ1) is 8.15. The summed E-state index contributed by atoms with van der Waals surface area (Å²) in [5.41, 5.74) is 2.82. The molecule has 0 amide bonds. The fourth-order valence-corrected chi connectivity index (χ4v) is 1.65. The molecule has 17 heavy (non-hydrogen) atoms. The lowest BCUT2D eigenvalue weighted by Gasteiger charge is -2.08. The Morgan fingerprint density at radius 1 is 1.29 bits per heavy atom. The summed E-state index contributed by atoms with van der Waals surface area (Å²) in [5, 5.41) is 3.61. The second kappa shape index (κ2) is 5.15. The highest BCUT2D eigenvalue weighted by atomic mass is 35.5. The number of halogens is 2. The number of hydrogen-bond acceptors (Lipinski definition) is 2. The van der Waals surface area contributed by atoms with Gasteiger partial charge in [0.05, 0.1) is 5.69 Å². The molecule has 0 bridgehead atoms. The predicted molar refractivity (Wildman–Crippen MR) is 67.7 cm³/mol. The Hall–Kier alpha value is -1.61. The van der Waals surface area contributed by atoms with Crippen LogP contribution in [0.25, 0.3) is 0 Å². The molecule has 0 atom stereocenters. The minimum atomic E-state index is -0.232. The Labute approximate surface area is 104 Å². The number of benzene rings is 1. The molecule has 1 aromatic heterocycles. The van der Waals surface area contributed by atoms with Crippen LogP contribution in [-0.2, 0) is 6.54 Å². The van der Waals surface area contributed by atoms with Crippen molar-refractivity contribution in [3.63, 3.8) is 0 Å². The van der Waals surface area contributed by atoms with E-state index >= 15 is 0 Å². The quantitative estimate of drug-likeness (QED) is 0.839. The third-order valence-corrected chi connectivity index (χ3v) is 2.67. The van der Waals surface area contributed by atoms with Crippen molar-refractivity contribution in [2.75, 3.05) is 5.32 Å². The maximum Gasteiger partial charge on any atom is 0.152 e. The van der Waals surface area contributed by atoms with E-state index in [4.69, 9.17) is 11.6 Å². The van der Waals surface area contributed by atoms with Crippen LogP contribution in [0.15, 0.2) is 36.5 Å². The molecule has 0 saturated carbocycles. The molecule has 0 spiro atoms. The van der Waals surface area contributed by atoms with Crippen molar-refractivity contribution in [2.45, 2.75) is 13.5 Å². The van der Waals surface area contributed by atoms with E-state index in [1.54, 1.807) is 18.3 Å². The monoisotopic (exact) mass is 250 g/mol. The Balaban J connectivity index is 2.07. The summed E-state index contributed by atoms with van der Waals surface area (Å²) in [6.07, 6.45) is 1.71. The molecule has 88 valence electrons. The lowest BCUT2D eigenvalue weighted by molar-refractivity contribution is 0.627. The summed E-state index contributed by atoms with van der Waals surface area (Å²) in [6, 6.07) is 8.28. The second-order valence-corrected chi connectivity index (χ2v) is 4.19.